The average Bonchev–Trinajstić information content (AvgIpc) is 2.17. The van der Waals surface area contributed by atoms with E-state index in [0.717, 1.165) is 18.4 Å². The van der Waals surface area contributed by atoms with E-state index >= 15 is 0 Å². The Kier molecular flexibility index (Phi) is 2.58. The van der Waals surface area contributed by atoms with Crippen LogP contribution in [0, 0.1) is 6.92 Å². The van der Waals surface area contributed by atoms with Gasteiger partial charge in [-0.2, -0.15) is 0 Å². The van der Waals surface area contributed by atoms with E-state index in [9.17, 15) is 4.79 Å². The summed E-state index contributed by atoms with van der Waals surface area (Å²) in [5.41, 5.74) is 4.81. The van der Waals surface area contributed by atoms with Crippen LogP contribution in [0.1, 0.15) is 29.5 Å². The number of benzene rings is 1. The maximum Gasteiger partial charge on any atom is 0.307 e. The molecule has 0 aromatic heterocycles. The van der Waals surface area contributed by atoms with Crippen molar-refractivity contribution in [2.45, 2.75) is 26.2 Å². The summed E-state index contributed by atoms with van der Waals surface area (Å²) in [7, 11) is 0. The third kappa shape index (κ3) is 2.27. The zero-order chi connectivity index (χ0) is 10.8. The van der Waals surface area contributed by atoms with Gasteiger partial charge in [0.05, 0.1) is 6.42 Å². The van der Waals surface area contributed by atoms with Crippen molar-refractivity contribution in [3.8, 4) is 0 Å². The first kappa shape index (κ1) is 9.97. The van der Waals surface area contributed by atoms with Crippen molar-refractivity contribution in [1.82, 2.24) is 0 Å². The van der Waals surface area contributed by atoms with Gasteiger partial charge in [0.25, 0.3) is 0 Å². The molecule has 0 unspecified atom stereocenters. The van der Waals surface area contributed by atoms with Gasteiger partial charge < -0.3 is 5.11 Å². The molecule has 0 amide bonds. The molecule has 0 saturated carbocycles. The van der Waals surface area contributed by atoms with Crippen LogP contribution in [0.4, 0.5) is 0 Å². The van der Waals surface area contributed by atoms with E-state index < -0.39 is 5.97 Å². The van der Waals surface area contributed by atoms with Gasteiger partial charge in [-0.25, -0.2) is 0 Å². The molecule has 2 rings (SSSR count). The predicted octanol–water partition coefficient (Wildman–Crippen LogP) is 2.80. The van der Waals surface area contributed by atoms with Gasteiger partial charge in [0.15, 0.2) is 0 Å². The van der Waals surface area contributed by atoms with E-state index in [1.54, 1.807) is 0 Å². The van der Waals surface area contributed by atoms with Crippen molar-refractivity contribution >= 4 is 12.0 Å². The van der Waals surface area contributed by atoms with Crippen LogP contribution in [0.3, 0.4) is 0 Å². The monoisotopic (exact) mass is 202 g/mol. The smallest absolute Gasteiger partial charge is 0.307 e. The summed E-state index contributed by atoms with van der Waals surface area (Å²) in [6.45, 7) is 2.08. The Balaban J connectivity index is 2.29. The third-order valence-electron chi connectivity index (χ3n) is 2.75. The van der Waals surface area contributed by atoms with Crippen molar-refractivity contribution in [3.63, 3.8) is 0 Å². The third-order valence-corrected chi connectivity index (χ3v) is 2.75. The molecule has 1 aliphatic rings. The van der Waals surface area contributed by atoms with Crippen molar-refractivity contribution in [2.75, 3.05) is 0 Å². The number of fused-ring (bicyclic) bond motifs is 1. The fourth-order valence-electron chi connectivity index (χ4n) is 2.01. The molecule has 0 fully saturated rings. The molecule has 0 spiro atoms. The highest BCUT2D eigenvalue weighted by molar-refractivity contribution is 5.73. The number of aliphatic carboxylic acids is 1. The summed E-state index contributed by atoms with van der Waals surface area (Å²) in [5, 5.41) is 8.72. The van der Waals surface area contributed by atoms with Gasteiger partial charge in [0, 0.05) is 0 Å². The lowest BCUT2D eigenvalue weighted by Crippen LogP contribution is -2.04. The normalized spacial score (nSPS) is 14.3. The largest absolute Gasteiger partial charge is 0.481 e. The molecule has 0 radical (unpaired) electrons. The van der Waals surface area contributed by atoms with Gasteiger partial charge in [0.2, 0.25) is 0 Å². The summed E-state index contributed by atoms with van der Waals surface area (Å²) in [6, 6.07) is 6.33. The Bertz CT molecular complexity index is 430. The first-order valence-corrected chi connectivity index (χ1v) is 5.16. The topological polar surface area (TPSA) is 37.3 Å². The van der Waals surface area contributed by atoms with Crippen LogP contribution in [0.5, 0.6) is 0 Å². The van der Waals surface area contributed by atoms with Crippen LogP contribution in [-0.2, 0) is 11.2 Å². The maximum atomic E-state index is 10.6. The number of hydrogen-bond acceptors (Lipinski definition) is 1. The molecule has 0 bridgehead atoms. The number of carboxylic acid groups (broad SMARTS) is 1. The van der Waals surface area contributed by atoms with Gasteiger partial charge in [-0.1, -0.05) is 35.4 Å². The van der Waals surface area contributed by atoms with Crippen LogP contribution in [0.25, 0.3) is 6.08 Å². The Hall–Kier alpha value is -1.57. The molecule has 0 aliphatic heterocycles. The van der Waals surface area contributed by atoms with Gasteiger partial charge in [-0.05, 0) is 30.9 Å². The Morgan fingerprint density at radius 1 is 1.40 bits per heavy atom. The van der Waals surface area contributed by atoms with E-state index in [0.29, 0.717) is 0 Å². The molecule has 78 valence electrons. The Morgan fingerprint density at radius 2 is 2.20 bits per heavy atom. The zero-order valence-electron chi connectivity index (χ0n) is 8.79. The summed E-state index contributed by atoms with van der Waals surface area (Å²) in [5.74, 6) is -0.739. The highest BCUT2D eigenvalue weighted by Gasteiger charge is 2.12. The molecule has 1 N–H and O–H groups in total. The fraction of sp³-hybridized carbons (Fsp3) is 0.308. The molecule has 0 atom stereocenters. The van der Waals surface area contributed by atoms with E-state index in [4.69, 9.17) is 5.11 Å². The lowest BCUT2D eigenvalue weighted by molar-refractivity contribution is -0.136. The van der Waals surface area contributed by atoms with Gasteiger partial charge in [0.1, 0.15) is 0 Å². The van der Waals surface area contributed by atoms with Crippen LogP contribution in [0.15, 0.2) is 23.8 Å². The maximum absolute atomic E-state index is 10.6. The highest BCUT2D eigenvalue weighted by atomic mass is 16.4. The molecule has 0 saturated heterocycles. The minimum Gasteiger partial charge on any atom is -0.481 e. The highest BCUT2D eigenvalue weighted by Crippen LogP contribution is 2.26. The number of hydrogen-bond donors (Lipinski definition) is 1. The summed E-state index contributed by atoms with van der Waals surface area (Å²) in [6.07, 6.45) is 4.04. The minimum atomic E-state index is -0.739. The quantitative estimate of drug-likeness (QED) is 0.800. The second-order valence-corrected chi connectivity index (χ2v) is 4.08. The Labute approximate surface area is 89.2 Å². The second kappa shape index (κ2) is 3.89. The molecule has 1 aromatic carbocycles. The van der Waals surface area contributed by atoms with Crippen molar-refractivity contribution in [1.29, 1.82) is 0 Å². The molecule has 15 heavy (non-hydrogen) atoms. The SMILES string of the molecule is Cc1ccc2c(c1)CCC(CC(=O)O)=C2. The van der Waals surface area contributed by atoms with E-state index in [-0.39, 0.29) is 6.42 Å². The fourth-order valence-corrected chi connectivity index (χ4v) is 2.01. The molecule has 2 heteroatoms. The van der Waals surface area contributed by atoms with E-state index in [1.807, 2.05) is 6.08 Å². The number of carboxylic acids is 1. The van der Waals surface area contributed by atoms with Crippen LogP contribution < -0.4 is 0 Å². The first-order valence-electron chi connectivity index (χ1n) is 5.16. The minimum absolute atomic E-state index is 0.174. The summed E-state index contributed by atoms with van der Waals surface area (Å²) < 4.78 is 0. The second-order valence-electron chi connectivity index (χ2n) is 4.08. The summed E-state index contributed by atoms with van der Waals surface area (Å²) in [4.78, 5) is 10.6. The molecular formula is C13H14O2. The number of rotatable bonds is 2. The zero-order valence-corrected chi connectivity index (χ0v) is 8.79. The molecular weight excluding hydrogens is 188 g/mol. The molecule has 2 nitrogen and oxygen atoms in total. The van der Waals surface area contributed by atoms with Gasteiger partial charge >= 0.3 is 5.97 Å². The van der Waals surface area contributed by atoms with Crippen LogP contribution in [-0.4, -0.2) is 11.1 Å². The van der Waals surface area contributed by atoms with Gasteiger partial charge in [-0.3, -0.25) is 4.79 Å². The molecule has 1 aromatic rings. The molecule has 0 heterocycles. The average molecular weight is 202 g/mol. The van der Waals surface area contributed by atoms with E-state index in [1.165, 1.54) is 16.7 Å². The Morgan fingerprint density at radius 3 is 2.93 bits per heavy atom. The first-order chi connectivity index (χ1) is 7.15. The van der Waals surface area contributed by atoms with Gasteiger partial charge in [-0.15, -0.1) is 0 Å². The lowest BCUT2D eigenvalue weighted by Gasteiger charge is -2.15. The van der Waals surface area contributed by atoms with E-state index in [2.05, 4.69) is 25.1 Å². The predicted molar refractivity (Wildman–Crippen MR) is 59.7 cm³/mol. The van der Waals surface area contributed by atoms with Crippen molar-refractivity contribution in [3.05, 3.63) is 40.5 Å². The van der Waals surface area contributed by atoms with Crippen molar-refractivity contribution < 1.29 is 9.90 Å². The summed E-state index contributed by atoms with van der Waals surface area (Å²) >= 11 is 0. The lowest BCUT2D eigenvalue weighted by atomic mass is 9.90. The van der Waals surface area contributed by atoms with Crippen molar-refractivity contribution in [2.24, 2.45) is 0 Å². The number of aryl methyl sites for hydroxylation is 2. The van der Waals surface area contributed by atoms with Crippen LogP contribution in [0.2, 0.25) is 0 Å². The number of carbonyl (C=O) groups is 1. The molecule has 1 aliphatic carbocycles. The standard InChI is InChI=1S/C13H14O2/c1-9-2-4-12-7-10(8-13(14)15)3-5-11(12)6-9/h2,4,6-7H,3,5,8H2,1H3,(H,14,15). The van der Waals surface area contributed by atoms with Crippen LogP contribution >= 0.6 is 0 Å².